The van der Waals surface area contributed by atoms with Crippen molar-refractivity contribution in [2.45, 2.75) is 38.5 Å². The minimum Gasteiger partial charge on any atom is -0.406 e. The molecule has 4 aromatic rings. The molecule has 2 N–H and O–H groups in total. The van der Waals surface area contributed by atoms with Crippen molar-refractivity contribution in [1.82, 2.24) is 14.5 Å². The number of rotatable bonds is 10. The number of nitrogens with one attached hydrogen (secondary N) is 1. The van der Waals surface area contributed by atoms with Gasteiger partial charge in [0, 0.05) is 31.7 Å². The minimum absolute atomic E-state index is 0.0501. The predicted molar refractivity (Wildman–Crippen MR) is 125 cm³/mol. The number of carbonyl (C=O) groups excluding carboxylic acids is 1. The number of nitrogens with zero attached hydrogens (tertiary/aromatic N) is 3. The molecule has 7 nitrogen and oxygen atoms in total. The number of benzene rings is 2. The lowest BCUT2D eigenvalue weighted by atomic mass is 10.0. The van der Waals surface area contributed by atoms with Crippen LogP contribution in [0.15, 0.2) is 36.4 Å². The van der Waals surface area contributed by atoms with Crippen LogP contribution in [0.1, 0.15) is 42.5 Å². The predicted octanol–water partition coefficient (Wildman–Crippen LogP) is 5.95. The number of imidazole rings is 1. The largest absolute Gasteiger partial charge is 0.573 e. The Hall–Kier alpha value is -3.18. The van der Waals surface area contributed by atoms with Gasteiger partial charge in [-0.2, -0.15) is 0 Å². The molecule has 0 atom stereocenters. The van der Waals surface area contributed by atoms with Crippen LogP contribution in [0.2, 0.25) is 0 Å². The number of alkyl halides is 3. The van der Waals surface area contributed by atoms with Crippen LogP contribution in [0.5, 0.6) is 5.75 Å². The van der Waals surface area contributed by atoms with Crippen LogP contribution in [0.4, 0.5) is 24.3 Å². The second-order valence-corrected chi connectivity index (χ2v) is 8.86. The molecule has 0 aliphatic rings. The van der Waals surface area contributed by atoms with Crippen molar-refractivity contribution in [2.75, 3.05) is 11.9 Å². The first-order valence-corrected chi connectivity index (χ1v) is 11.6. The van der Waals surface area contributed by atoms with Crippen molar-refractivity contribution in [3.8, 4) is 5.75 Å². The van der Waals surface area contributed by atoms with Crippen LogP contribution in [0.25, 0.3) is 21.3 Å². The lowest BCUT2D eigenvalue weighted by Gasteiger charge is -2.07. The second-order valence-electron chi connectivity index (χ2n) is 7.83. The summed E-state index contributed by atoms with van der Waals surface area (Å²) in [5.41, 5.74) is 2.60. The average molecular weight is 493 g/mol. The fraction of sp³-hybridized carbons (Fsp3) is 0.348. The summed E-state index contributed by atoms with van der Waals surface area (Å²) in [7, 11) is 1.82. The lowest BCUT2D eigenvalue weighted by molar-refractivity contribution is -0.274. The van der Waals surface area contributed by atoms with E-state index in [0.717, 1.165) is 31.2 Å². The van der Waals surface area contributed by atoms with Gasteiger partial charge in [0.25, 0.3) is 0 Å². The minimum atomic E-state index is -4.76. The zero-order valence-corrected chi connectivity index (χ0v) is 19.2. The number of aryl methyl sites for hydroxylation is 1. The highest BCUT2D eigenvalue weighted by Gasteiger charge is 2.31. The van der Waals surface area contributed by atoms with E-state index in [0.29, 0.717) is 38.8 Å². The number of aliphatic hydroxyl groups excluding tert-OH is 1. The number of fused-ring (bicyclic) bond motifs is 2. The van der Waals surface area contributed by atoms with E-state index < -0.39 is 6.36 Å². The van der Waals surface area contributed by atoms with Crippen molar-refractivity contribution < 1.29 is 27.8 Å². The summed E-state index contributed by atoms with van der Waals surface area (Å²) in [5, 5.41) is 12.4. The van der Waals surface area contributed by atoms with Crippen molar-refractivity contribution in [1.29, 1.82) is 0 Å². The number of aliphatic hydroxyl groups is 1. The Bertz CT molecular complexity index is 1320. The fourth-order valence-electron chi connectivity index (χ4n) is 3.63. The third kappa shape index (κ3) is 5.65. The van der Waals surface area contributed by atoms with E-state index in [-0.39, 0.29) is 18.1 Å². The number of Topliss-reactive ketones (excluding diaryl/α,β-unsaturated/α-hetero) is 1. The van der Waals surface area contributed by atoms with Gasteiger partial charge in [-0.3, -0.25) is 4.79 Å². The summed E-state index contributed by atoms with van der Waals surface area (Å²) in [6.45, 7) is 0.172. The Labute approximate surface area is 197 Å². The van der Waals surface area contributed by atoms with Gasteiger partial charge in [0.05, 0.1) is 21.3 Å². The highest BCUT2D eigenvalue weighted by Crippen LogP contribution is 2.33. The van der Waals surface area contributed by atoms with Crippen LogP contribution < -0.4 is 10.1 Å². The van der Waals surface area contributed by atoms with Gasteiger partial charge in [-0.1, -0.05) is 24.2 Å². The molecule has 2 heterocycles. The highest BCUT2D eigenvalue weighted by molar-refractivity contribution is 7.22. The van der Waals surface area contributed by atoms with E-state index in [9.17, 15) is 18.0 Å². The maximum absolute atomic E-state index is 12.5. The number of ether oxygens (including phenoxy) is 1. The molecule has 2 aromatic carbocycles. The molecule has 34 heavy (non-hydrogen) atoms. The summed E-state index contributed by atoms with van der Waals surface area (Å²) in [6.07, 6.45) is -0.980. The van der Waals surface area contributed by atoms with Gasteiger partial charge >= 0.3 is 6.36 Å². The van der Waals surface area contributed by atoms with Crippen molar-refractivity contribution in [2.24, 2.45) is 7.05 Å². The summed E-state index contributed by atoms with van der Waals surface area (Å²) >= 11 is 1.18. The summed E-state index contributed by atoms with van der Waals surface area (Å²) < 4.78 is 43.8. The Balaban J connectivity index is 1.49. The zero-order chi connectivity index (χ0) is 24.3. The molecular weight excluding hydrogens is 469 g/mol. The Morgan fingerprint density at radius 2 is 1.88 bits per heavy atom. The number of carbonyl (C=O) groups is 1. The maximum Gasteiger partial charge on any atom is 0.573 e. The molecule has 0 fully saturated rings. The van der Waals surface area contributed by atoms with Gasteiger partial charge < -0.3 is 19.7 Å². The van der Waals surface area contributed by atoms with Crippen LogP contribution in [-0.2, 0) is 7.05 Å². The first kappa shape index (κ1) is 24.0. The molecule has 0 spiro atoms. The monoisotopic (exact) mass is 492 g/mol. The molecule has 0 saturated heterocycles. The Morgan fingerprint density at radius 3 is 2.65 bits per heavy atom. The molecule has 2 aromatic heterocycles. The van der Waals surface area contributed by atoms with E-state index in [1.165, 1.54) is 29.5 Å². The van der Waals surface area contributed by atoms with Crippen molar-refractivity contribution in [3.05, 3.63) is 42.0 Å². The van der Waals surface area contributed by atoms with Gasteiger partial charge in [-0.25, -0.2) is 9.97 Å². The highest BCUT2D eigenvalue weighted by atomic mass is 32.1. The third-order valence-corrected chi connectivity index (χ3v) is 6.26. The van der Waals surface area contributed by atoms with Crippen molar-refractivity contribution >= 4 is 49.4 Å². The molecule has 4 rings (SSSR count). The van der Waals surface area contributed by atoms with Crippen LogP contribution >= 0.6 is 11.3 Å². The van der Waals surface area contributed by atoms with E-state index in [4.69, 9.17) is 5.11 Å². The normalized spacial score (nSPS) is 11.9. The molecule has 0 aliphatic carbocycles. The molecule has 0 bridgehead atoms. The van der Waals surface area contributed by atoms with E-state index >= 15 is 0 Å². The topological polar surface area (TPSA) is 89.3 Å². The third-order valence-electron chi connectivity index (χ3n) is 5.33. The SMILES string of the molecule is Cn1c(Nc2nc3ccc(OC(F)(F)F)cc3s2)nc2cc(C(=O)CCCCCCO)ccc21. The summed E-state index contributed by atoms with van der Waals surface area (Å²) in [6, 6.07) is 9.36. The number of aromatic nitrogens is 3. The lowest BCUT2D eigenvalue weighted by Crippen LogP contribution is -2.16. The number of ketones is 1. The van der Waals surface area contributed by atoms with Gasteiger partial charge in [-0.15, -0.1) is 13.2 Å². The smallest absolute Gasteiger partial charge is 0.406 e. The first-order chi connectivity index (χ1) is 16.2. The van der Waals surface area contributed by atoms with Gasteiger partial charge in [0.2, 0.25) is 5.95 Å². The maximum atomic E-state index is 12.5. The molecule has 0 radical (unpaired) electrons. The van der Waals surface area contributed by atoms with Gasteiger partial charge in [0.1, 0.15) is 5.75 Å². The Morgan fingerprint density at radius 1 is 1.09 bits per heavy atom. The van der Waals surface area contributed by atoms with Crippen LogP contribution in [0, 0.1) is 0 Å². The molecule has 180 valence electrons. The molecule has 0 saturated carbocycles. The molecule has 0 aliphatic heterocycles. The average Bonchev–Trinajstić information content (AvgIpc) is 3.32. The quantitative estimate of drug-likeness (QED) is 0.210. The van der Waals surface area contributed by atoms with Crippen molar-refractivity contribution in [3.63, 3.8) is 0 Å². The summed E-state index contributed by atoms with van der Waals surface area (Å²) in [4.78, 5) is 21.5. The number of hydrogen-bond acceptors (Lipinski definition) is 7. The molecule has 0 unspecified atom stereocenters. The van der Waals surface area contributed by atoms with E-state index in [2.05, 4.69) is 20.0 Å². The van der Waals surface area contributed by atoms with Gasteiger partial charge in [-0.05, 0) is 43.2 Å². The number of halogens is 3. The molecule has 11 heteroatoms. The van der Waals surface area contributed by atoms with E-state index in [1.807, 2.05) is 17.7 Å². The van der Waals surface area contributed by atoms with Crippen LogP contribution in [-0.4, -0.2) is 38.4 Å². The summed E-state index contributed by atoms with van der Waals surface area (Å²) in [5.74, 6) is 0.243. The van der Waals surface area contributed by atoms with E-state index in [1.54, 1.807) is 12.1 Å². The molecular formula is C23H23F3N4O3S. The first-order valence-electron chi connectivity index (χ1n) is 10.8. The fourth-order valence-corrected chi connectivity index (χ4v) is 4.52. The van der Waals surface area contributed by atoms with Crippen LogP contribution in [0.3, 0.4) is 0 Å². The zero-order valence-electron chi connectivity index (χ0n) is 18.4. The Kier molecular flexibility index (Phi) is 7.03. The number of anilines is 2. The number of thiazole rings is 1. The second kappa shape index (κ2) is 9.98. The number of hydrogen-bond donors (Lipinski definition) is 2. The standard InChI is InChI=1S/C23H23F3N4O3S/c1-30-18-10-7-14(19(32)6-4-2-3-5-11-31)12-17(18)27-21(30)29-22-28-16-9-8-15(13-20(16)34-22)33-23(24,25)26/h7-10,12-13,31H,2-6,11H2,1H3,(H,27,28,29). The van der Waals surface area contributed by atoms with Gasteiger partial charge in [0.15, 0.2) is 10.9 Å². The number of unbranched alkanes of at least 4 members (excludes halogenated alkanes) is 3. The molecule has 0 amide bonds.